The minimum atomic E-state index is -0.603. The van der Waals surface area contributed by atoms with Gasteiger partial charge >= 0.3 is 0 Å². The highest BCUT2D eigenvalue weighted by Crippen LogP contribution is 2.34. The zero-order valence-electron chi connectivity index (χ0n) is 16.2. The molecule has 9 heteroatoms. The molecule has 0 saturated heterocycles. The van der Waals surface area contributed by atoms with Gasteiger partial charge in [-0.2, -0.15) is 4.39 Å². The van der Waals surface area contributed by atoms with Crippen LogP contribution in [0.1, 0.15) is 5.56 Å². The maximum absolute atomic E-state index is 14.8. The van der Waals surface area contributed by atoms with Gasteiger partial charge in [-0.1, -0.05) is 24.1 Å². The molecule has 0 fully saturated rings. The number of ether oxygens (including phenoxy) is 1. The van der Waals surface area contributed by atoms with Crippen LogP contribution in [0.3, 0.4) is 0 Å². The molecule has 0 atom stereocenters. The van der Waals surface area contributed by atoms with Gasteiger partial charge in [-0.15, -0.1) is 5.10 Å². The first-order valence-electron chi connectivity index (χ1n) is 9.00. The number of nitrogens with one attached hydrogen (secondary N) is 2. The second-order valence-corrected chi connectivity index (χ2v) is 7.20. The fraction of sp³-hybridized carbons (Fsp3) is 0.143. The summed E-state index contributed by atoms with van der Waals surface area (Å²) < 4.78 is 37.7. The minimum Gasteiger partial charge on any atom is -0.491 e. The number of benzene rings is 2. The van der Waals surface area contributed by atoms with Crippen molar-refractivity contribution in [3.8, 4) is 16.9 Å². The van der Waals surface area contributed by atoms with Gasteiger partial charge in [-0.25, -0.2) is 4.39 Å². The number of H-pyrrole nitrogens is 1. The Morgan fingerprint density at radius 1 is 1.17 bits per heavy atom. The number of hydrogen-bond acceptors (Lipinski definition) is 5. The lowest BCUT2D eigenvalue weighted by molar-refractivity contribution is 0.408. The van der Waals surface area contributed by atoms with Gasteiger partial charge < -0.3 is 14.4 Å². The Morgan fingerprint density at radius 3 is 2.63 bits per heavy atom. The second-order valence-electron chi connectivity index (χ2n) is 6.58. The molecule has 0 unspecified atom stereocenters. The molecule has 2 N–H and O–H groups in total. The van der Waals surface area contributed by atoms with Crippen LogP contribution in [0.25, 0.3) is 22.0 Å². The summed E-state index contributed by atoms with van der Waals surface area (Å²) in [5.41, 5.74) is 3.02. The van der Waals surface area contributed by atoms with Gasteiger partial charge in [-0.05, 0) is 41.5 Å². The fourth-order valence-electron chi connectivity index (χ4n) is 3.28. The largest absolute Gasteiger partial charge is 0.491 e. The lowest BCUT2D eigenvalue weighted by Gasteiger charge is -2.11. The first-order chi connectivity index (χ1) is 14.5. The molecule has 6 nitrogen and oxygen atoms in total. The van der Waals surface area contributed by atoms with Crippen LogP contribution in [0.2, 0.25) is 0 Å². The van der Waals surface area contributed by atoms with E-state index in [1.807, 2.05) is 6.26 Å². The van der Waals surface area contributed by atoms with Crippen LogP contribution >= 0.6 is 11.9 Å². The van der Waals surface area contributed by atoms with E-state index in [4.69, 9.17) is 4.74 Å². The topological polar surface area (TPSA) is 71.9 Å². The number of pyridine rings is 1. The molecule has 2 aromatic carbocycles. The second kappa shape index (κ2) is 8.19. The maximum Gasteiger partial charge on any atom is 0.290 e. The van der Waals surface area contributed by atoms with Gasteiger partial charge in [0.1, 0.15) is 5.82 Å². The molecule has 154 valence electrons. The number of anilines is 1. The lowest BCUT2D eigenvalue weighted by Crippen LogP contribution is -2.08. The van der Waals surface area contributed by atoms with Crippen molar-refractivity contribution in [1.29, 1.82) is 0 Å². The monoisotopic (exact) mass is 428 g/mol. The molecular formula is C21H18F2N4O2S. The summed E-state index contributed by atoms with van der Waals surface area (Å²) in [5, 5.41) is 4.41. The summed E-state index contributed by atoms with van der Waals surface area (Å²) in [6.45, 7) is 0.276. The molecular weight excluding hydrogens is 410 g/mol. The third-order valence-corrected chi connectivity index (χ3v) is 5.11. The maximum atomic E-state index is 14.8. The van der Waals surface area contributed by atoms with E-state index in [1.54, 1.807) is 36.5 Å². The van der Waals surface area contributed by atoms with E-state index in [0.717, 1.165) is 11.1 Å². The summed E-state index contributed by atoms with van der Waals surface area (Å²) in [7, 11) is 1.42. The van der Waals surface area contributed by atoms with Gasteiger partial charge in [0.2, 0.25) is 5.95 Å². The van der Waals surface area contributed by atoms with Crippen LogP contribution in [0.15, 0.2) is 53.5 Å². The highest BCUT2D eigenvalue weighted by atomic mass is 32.2. The van der Waals surface area contributed by atoms with Gasteiger partial charge in [0.05, 0.1) is 30.2 Å². The minimum absolute atomic E-state index is 0.179. The summed E-state index contributed by atoms with van der Waals surface area (Å²) in [4.78, 5) is 14.5. The van der Waals surface area contributed by atoms with E-state index in [-0.39, 0.29) is 23.7 Å². The van der Waals surface area contributed by atoms with E-state index in [0.29, 0.717) is 22.2 Å². The quantitative estimate of drug-likeness (QED) is 0.445. The normalized spacial score (nSPS) is 11.1. The number of aromatic nitrogens is 3. The summed E-state index contributed by atoms with van der Waals surface area (Å²) in [6.07, 6.45) is 3.41. The van der Waals surface area contributed by atoms with E-state index in [2.05, 4.69) is 14.8 Å². The number of aromatic amines is 1. The molecule has 0 aliphatic rings. The Balaban J connectivity index is 1.88. The summed E-state index contributed by atoms with van der Waals surface area (Å²) in [5.74, 6) is -0.761. The Bertz CT molecular complexity index is 1270. The molecule has 30 heavy (non-hydrogen) atoms. The Labute approximate surface area is 175 Å². The Hall–Kier alpha value is -3.33. The Kier molecular flexibility index (Phi) is 5.45. The fourth-order valence-corrected chi connectivity index (χ4v) is 3.66. The first-order valence-corrected chi connectivity index (χ1v) is 10.2. The van der Waals surface area contributed by atoms with Crippen molar-refractivity contribution in [1.82, 2.24) is 14.8 Å². The van der Waals surface area contributed by atoms with E-state index in [1.165, 1.54) is 35.9 Å². The number of hydrogen-bond donors (Lipinski definition) is 2. The van der Waals surface area contributed by atoms with Crippen molar-refractivity contribution in [2.24, 2.45) is 0 Å². The van der Waals surface area contributed by atoms with Crippen molar-refractivity contribution in [3.63, 3.8) is 0 Å². The first kappa shape index (κ1) is 20.0. The molecule has 2 aromatic heterocycles. The SMILES string of the molecule is COc1cc(-c2cc(NSC)c3c(F)nn(Cc4ccc(F)cc4)c3c2)c[nH]c1=O. The molecule has 0 amide bonds. The van der Waals surface area contributed by atoms with Gasteiger partial charge in [0.25, 0.3) is 5.56 Å². The molecule has 0 aliphatic carbocycles. The summed E-state index contributed by atoms with van der Waals surface area (Å²) in [6, 6.07) is 11.2. The van der Waals surface area contributed by atoms with Crippen LogP contribution in [-0.4, -0.2) is 28.1 Å². The number of halogens is 2. The van der Waals surface area contributed by atoms with Crippen molar-refractivity contribution in [2.75, 3.05) is 18.1 Å². The molecule has 0 radical (unpaired) electrons. The van der Waals surface area contributed by atoms with Crippen LogP contribution in [0, 0.1) is 11.8 Å². The number of rotatable bonds is 6. The average molecular weight is 428 g/mol. The molecule has 4 rings (SSSR count). The molecule has 0 aliphatic heterocycles. The molecule has 0 bridgehead atoms. The highest BCUT2D eigenvalue weighted by molar-refractivity contribution is 7.99. The smallest absolute Gasteiger partial charge is 0.290 e. The number of methoxy groups -OCH3 is 1. The van der Waals surface area contributed by atoms with Crippen LogP contribution in [0.4, 0.5) is 14.5 Å². The highest BCUT2D eigenvalue weighted by Gasteiger charge is 2.17. The number of fused-ring (bicyclic) bond motifs is 1. The third-order valence-electron chi connectivity index (χ3n) is 4.69. The zero-order valence-corrected chi connectivity index (χ0v) is 17.0. The predicted octanol–water partition coefficient (Wildman–Crippen LogP) is 4.42. The summed E-state index contributed by atoms with van der Waals surface area (Å²) >= 11 is 1.33. The van der Waals surface area contributed by atoms with Crippen molar-refractivity contribution in [3.05, 3.63) is 76.3 Å². The van der Waals surface area contributed by atoms with Crippen molar-refractivity contribution in [2.45, 2.75) is 6.54 Å². The van der Waals surface area contributed by atoms with E-state index < -0.39 is 5.95 Å². The average Bonchev–Trinajstić information content (AvgIpc) is 3.05. The van der Waals surface area contributed by atoms with Gasteiger partial charge in [-0.3, -0.25) is 9.48 Å². The third kappa shape index (κ3) is 3.76. The molecule has 0 saturated carbocycles. The predicted molar refractivity (Wildman–Crippen MR) is 115 cm³/mol. The molecule has 4 aromatic rings. The molecule has 2 heterocycles. The van der Waals surface area contributed by atoms with Crippen LogP contribution in [-0.2, 0) is 6.54 Å². The number of nitrogens with zero attached hydrogens (tertiary/aromatic N) is 2. The van der Waals surface area contributed by atoms with E-state index >= 15 is 0 Å². The van der Waals surface area contributed by atoms with Crippen LogP contribution < -0.4 is 15.0 Å². The van der Waals surface area contributed by atoms with E-state index in [9.17, 15) is 13.6 Å². The van der Waals surface area contributed by atoms with Gasteiger partial charge in [0.15, 0.2) is 5.75 Å². The van der Waals surface area contributed by atoms with Gasteiger partial charge in [0, 0.05) is 18.0 Å². The molecule has 0 spiro atoms. The standard InChI is InChI=1S/C21H18F2N4O2S/c1-29-18-9-14(10-24-21(18)28)13-7-16(26-30-2)19-17(8-13)27(25-20(19)23)11-12-3-5-15(22)6-4-12/h3-10,26H,11H2,1-2H3,(H,24,28). The Morgan fingerprint density at radius 2 is 1.93 bits per heavy atom. The van der Waals surface area contributed by atoms with Crippen LogP contribution in [0.5, 0.6) is 5.75 Å². The lowest BCUT2D eigenvalue weighted by atomic mass is 10.0. The van der Waals surface area contributed by atoms with Crippen molar-refractivity contribution >= 4 is 28.5 Å². The van der Waals surface area contributed by atoms with Crippen molar-refractivity contribution < 1.29 is 13.5 Å². The zero-order chi connectivity index (χ0) is 21.3.